The highest BCUT2D eigenvalue weighted by Crippen LogP contribution is 2.21. The lowest BCUT2D eigenvalue weighted by Gasteiger charge is -2.27. The molecule has 136 valence electrons. The van der Waals surface area contributed by atoms with E-state index in [2.05, 4.69) is 35.0 Å². The van der Waals surface area contributed by atoms with Crippen molar-refractivity contribution < 1.29 is 9.47 Å². The van der Waals surface area contributed by atoms with Crippen molar-refractivity contribution in [2.45, 2.75) is 19.9 Å². The smallest absolute Gasteiger partial charge is 0.191 e. The Bertz CT molecular complexity index is 523. The molecule has 0 aliphatic carbocycles. The van der Waals surface area contributed by atoms with E-state index < -0.39 is 0 Å². The normalized spacial score (nSPS) is 15.1. The van der Waals surface area contributed by atoms with E-state index in [9.17, 15) is 0 Å². The largest absolute Gasteiger partial charge is 0.493 e. The van der Waals surface area contributed by atoms with Crippen molar-refractivity contribution in [1.29, 1.82) is 0 Å². The number of hydrogen-bond donors (Lipinski definition) is 1. The minimum Gasteiger partial charge on any atom is -0.493 e. The number of halogens is 1. The van der Waals surface area contributed by atoms with Crippen molar-refractivity contribution in [3.8, 4) is 5.75 Å². The molecule has 1 aliphatic heterocycles. The first-order valence-corrected chi connectivity index (χ1v) is 9.20. The van der Waals surface area contributed by atoms with Gasteiger partial charge >= 0.3 is 0 Å². The lowest BCUT2D eigenvalue weighted by atomic mass is 10.1. The lowest BCUT2D eigenvalue weighted by Crippen LogP contribution is -2.42. The SMILES string of the molecule is COCCCOc1cc(C)ccc1CN=C(N)N1CCSCC1.I. The predicted octanol–water partition coefficient (Wildman–Crippen LogP) is 2.89. The molecule has 0 saturated carbocycles. The summed E-state index contributed by atoms with van der Waals surface area (Å²) >= 11 is 1.97. The van der Waals surface area contributed by atoms with Gasteiger partial charge in [-0.25, -0.2) is 4.99 Å². The molecule has 0 bridgehead atoms. The fraction of sp³-hybridized carbons (Fsp3) is 0.588. The zero-order chi connectivity index (χ0) is 16.5. The Kier molecular flexibility index (Phi) is 10.5. The summed E-state index contributed by atoms with van der Waals surface area (Å²) < 4.78 is 10.9. The van der Waals surface area contributed by atoms with Gasteiger partial charge in [0.25, 0.3) is 0 Å². The van der Waals surface area contributed by atoms with Crippen molar-refractivity contribution in [3.05, 3.63) is 29.3 Å². The molecule has 0 amide bonds. The number of aliphatic imine (C=N–C) groups is 1. The summed E-state index contributed by atoms with van der Waals surface area (Å²) in [6.07, 6.45) is 0.876. The second-order valence-electron chi connectivity index (χ2n) is 5.58. The van der Waals surface area contributed by atoms with E-state index in [1.165, 1.54) is 5.56 Å². The third-order valence-electron chi connectivity index (χ3n) is 3.72. The Morgan fingerprint density at radius 1 is 1.29 bits per heavy atom. The molecular formula is C17H28IN3O2S. The Labute approximate surface area is 166 Å². The maximum Gasteiger partial charge on any atom is 0.191 e. The Morgan fingerprint density at radius 2 is 2.04 bits per heavy atom. The van der Waals surface area contributed by atoms with Crippen LogP contribution >= 0.6 is 35.7 Å². The van der Waals surface area contributed by atoms with Crippen LogP contribution in [0.25, 0.3) is 0 Å². The van der Waals surface area contributed by atoms with Crippen LogP contribution in [-0.2, 0) is 11.3 Å². The highest BCUT2D eigenvalue weighted by atomic mass is 127. The molecule has 2 N–H and O–H groups in total. The summed E-state index contributed by atoms with van der Waals surface area (Å²) in [5.41, 5.74) is 8.38. The molecule has 2 rings (SSSR count). The van der Waals surface area contributed by atoms with E-state index in [0.717, 1.165) is 42.3 Å². The average Bonchev–Trinajstić information content (AvgIpc) is 2.58. The molecule has 1 aliphatic rings. The standard InChI is InChI=1S/C17H27N3O2S.HI/c1-14-4-5-15(16(12-14)22-9-3-8-21-2)13-19-17(18)20-6-10-23-11-7-20;/h4-5,12H,3,6-11,13H2,1-2H3,(H2,18,19);1H. The third kappa shape index (κ3) is 7.06. The predicted molar refractivity (Wildman–Crippen MR) is 113 cm³/mol. The molecule has 1 saturated heterocycles. The van der Waals surface area contributed by atoms with Crippen LogP contribution in [0.2, 0.25) is 0 Å². The molecule has 0 spiro atoms. The number of guanidine groups is 1. The number of ether oxygens (including phenoxy) is 2. The Morgan fingerprint density at radius 3 is 2.75 bits per heavy atom. The van der Waals surface area contributed by atoms with Gasteiger partial charge in [-0.2, -0.15) is 11.8 Å². The van der Waals surface area contributed by atoms with Crippen molar-refractivity contribution in [2.24, 2.45) is 10.7 Å². The van der Waals surface area contributed by atoms with Gasteiger partial charge in [0.05, 0.1) is 13.2 Å². The summed E-state index contributed by atoms with van der Waals surface area (Å²) in [5, 5.41) is 0. The number of rotatable bonds is 7. The van der Waals surface area contributed by atoms with E-state index in [1.54, 1.807) is 7.11 Å². The van der Waals surface area contributed by atoms with Crippen LogP contribution in [0.5, 0.6) is 5.75 Å². The second-order valence-corrected chi connectivity index (χ2v) is 6.80. The van der Waals surface area contributed by atoms with Gasteiger partial charge in [-0.3, -0.25) is 0 Å². The van der Waals surface area contributed by atoms with Gasteiger partial charge in [-0.05, 0) is 18.6 Å². The zero-order valence-corrected chi connectivity index (χ0v) is 17.6. The van der Waals surface area contributed by atoms with Crippen LogP contribution < -0.4 is 10.5 Å². The van der Waals surface area contributed by atoms with E-state index in [-0.39, 0.29) is 24.0 Å². The van der Waals surface area contributed by atoms with Gasteiger partial charge in [0.2, 0.25) is 0 Å². The van der Waals surface area contributed by atoms with Crippen LogP contribution in [0.1, 0.15) is 17.5 Å². The fourth-order valence-corrected chi connectivity index (χ4v) is 3.27. The van der Waals surface area contributed by atoms with E-state index in [4.69, 9.17) is 15.2 Å². The molecule has 1 fully saturated rings. The summed E-state index contributed by atoms with van der Waals surface area (Å²) in [5.74, 6) is 3.77. The van der Waals surface area contributed by atoms with Crippen LogP contribution in [-0.4, -0.2) is 55.8 Å². The van der Waals surface area contributed by atoms with Crippen molar-refractivity contribution >= 4 is 41.7 Å². The maximum atomic E-state index is 6.13. The van der Waals surface area contributed by atoms with Gasteiger partial charge in [0, 0.05) is 50.3 Å². The number of methoxy groups -OCH3 is 1. The molecule has 1 aromatic carbocycles. The van der Waals surface area contributed by atoms with Crippen molar-refractivity contribution in [2.75, 3.05) is 44.9 Å². The monoisotopic (exact) mass is 465 g/mol. The van der Waals surface area contributed by atoms with Crippen LogP contribution in [0.4, 0.5) is 0 Å². The number of aryl methyl sites for hydroxylation is 1. The van der Waals surface area contributed by atoms with Gasteiger partial charge in [-0.15, -0.1) is 24.0 Å². The second kappa shape index (κ2) is 11.8. The Hall–Kier alpha value is -0.670. The van der Waals surface area contributed by atoms with Gasteiger partial charge in [0.15, 0.2) is 5.96 Å². The minimum absolute atomic E-state index is 0. The highest BCUT2D eigenvalue weighted by Gasteiger charge is 2.12. The van der Waals surface area contributed by atoms with Crippen LogP contribution in [0, 0.1) is 6.92 Å². The van der Waals surface area contributed by atoms with Gasteiger partial charge in [-0.1, -0.05) is 12.1 Å². The molecule has 7 heteroatoms. The summed E-state index contributed by atoms with van der Waals surface area (Å²) in [7, 11) is 1.70. The number of nitrogens with two attached hydrogens (primary N) is 1. The molecule has 5 nitrogen and oxygen atoms in total. The molecular weight excluding hydrogens is 437 g/mol. The van der Waals surface area contributed by atoms with Crippen LogP contribution in [0.3, 0.4) is 0 Å². The van der Waals surface area contributed by atoms with Gasteiger partial charge in [0.1, 0.15) is 5.75 Å². The van der Waals surface area contributed by atoms with E-state index >= 15 is 0 Å². The molecule has 0 aromatic heterocycles. The summed E-state index contributed by atoms with van der Waals surface area (Å²) in [6.45, 7) is 5.93. The van der Waals surface area contributed by atoms with Gasteiger partial charge < -0.3 is 20.1 Å². The molecule has 1 aromatic rings. The average molecular weight is 465 g/mol. The number of thioether (sulfide) groups is 1. The summed E-state index contributed by atoms with van der Waals surface area (Å²) in [6, 6.07) is 6.22. The zero-order valence-electron chi connectivity index (χ0n) is 14.5. The van der Waals surface area contributed by atoms with E-state index in [0.29, 0.717) is 25.7 Å². The molecule has 24 heavy (non-hydrogen) atoms. The number of nitrogens with zero attached hydrogens (tertiary/aromatic N) is 2. The number of benzene rings is 1. The van der Waals surface area contributed by atoms with E-state index in [1.807, 2.05) is 11.8 Å². The summed E-state index contributed by atoms with van der Waals surface area (Å²) in [4.78, 5) is 6.72. The maximum absolute atomic E-state index is 6.13. The van der Waals surface area contributed by atoms with Crippen molar-refractivity contribution in [3.63, 3.8) is 0 Å². The molecule has 0 atom stereocenters. The highest BCUT2D eigenvalue weighted by molar-refractivity contribution is 14.0. The molecule has 0 radical (unpaired) electrons. The topological polar surface area (TPSA) is 60.1 Å². The fourth-order valence-electron chi connectivity index (χ4n) is 2.37. The number of hydrogen-bond acceptors (Lipinski definition) is 4. The first-order chi connectivity index (χ1) is 11.2. The third-order valence-corrected chi connectivity index (χ3v) is 4.66. The minimum atomic E-state index is 0. The van der Waals surface area contributed by atoms with Crippen LogP contribution in [0.15, 0.2) is 23.2 Å². The molecule has 1 heterocycles. The van der Waals surface area contributed by atoms with Crippen molar-refractivity contribution in [1.82, 2.24) is 4.90 Å². The Balaban J connectivity index is 0.00000288. The first-order valence-electron chi connectivity index (χ1n) is 8.04. The first kappa shape index (κ1) is 21.4. The molecule has 0 unspecified atom stereocenters. The lowest BCUT2D eigenvalue weighted by molar-refractivity contribution is 0.172. The quantitative estimate of drug-likeness (QED) is 0.291.